The summed E-state index contributed by atoms with van der Waals surface area (Å²) < 4.78 is 7.03. The summed E-state index contributed by atoms with van der Waals surface area (Å²) in [7, 11) is 0. The zero-order chi connectivity index (χ0) is 18.2. The molecule has 1 heterocycles. The molecule has 5 nitrogen and oxygen atoms in total. The van der Waals surface area contributed by atoms with Gasteiger partial charge in [0.15, 0.2) is 5.82 Å². The molecule has 0 bridgehead atoms. The number of aryl methyl sites for hydroxylation is 1. The summed E-state index contributed by atoms with van der Waals surface area (Å²) >= 11 is 0. The number of nitrogens with zero attached hydrogens (tertiary/aromatic N) is 2. The van der Waals surface area contributed by atoms with Gasteiger partial charge in [0.2, 0.25) is 0 Å². The number of rotatable bonds is 8. The Hall–Kier alpha value is -3.08. The number of anilines is 1. The molecule has 0 spiro atoms. The van der Waals surface area contributed by atoms with Gasteiger partial charge >= 0.3 is 0 Å². The van der Waals surface area contributed by atoms with Gasteiger partial charge in [-0.3, -0.25) is 9.36 Å². The van der Waals surface area contributed by atoms with Gasteiger partial charge in [-0.15, -0.1) is 0 Å². The normalized spacial score (nSPS) is 10.5. The van der Waals surface area contributed by atoms with Crippen molar-refractivity contribution in [2.24, 2.45) is 0 Å². The molecule has 0 amide bonds. The van der Waals surface area contributed by atoms with Crippen LogP contribution in [0.3, 0.4) is 0 Å². The molecule has 0 aliphatic carbocycles. The lowest BCUT2D eigenvalue weighted by molar-refractivity contribution is 0.340. The molecule has 0 aliphatic heterocycles. The van der Waals surface area contributed by atoms with Gasteiger partial charge in [0.1, 0.15) is 5.75 Å². The summed E-state index contributed by atoms with van der Waals surface area (Å²) in [4.78, 5) is 16.8. The Labute approximate surface area is 153 Å². The van der Waals surface area contributed by atoms with Gasteiger partial charge in [-0.1, -0.05) is 30.3 Å². The van der Waals surface area contributed by atoms with Crippen molar-refractivity contribution in [1.82, 2.24) is 9.55 Å². The van der Waals surface area contributed by atoms with Gasteiger partial charge in [0, 0.05) is 24.6 Å². The minimum Gasteiger partial charge on any atom is -0.494 e. The summed E-state index contributed by atoms with van der Waals surface area (Å²) in [5.74, 6) is 1.16. The Bertz CT molecular complexity index is 874. The van der Waals surface area contributed by atoms with E-state index < -0.39 is 0 Å². The first-order valence-electron chi connectivity index (χ1n) is 8.86. The number of hydrogen-bond acceptors (Lipinski definition) is 4. The van der Waals surface area contributed by atoms with Crippen molar-refractivity contribution in [3.8, 4) is 11.4 Å². The summed E-state index contributed by atoms with van der Waals surface area (Å²) in [5.41, 5.74) is 1.92. The molecule has 1 aromatic heterocycles. The summed E-state index contributed by atoms with van der Waals surface area (Å²) in [6.07, 6.45) is 5.21. The lowest BCUT2D eigenvalue weighted by atomic mass is 10.1. The number of benzene rings is 2. The van der Waals surface area contributed by atoms with Crippen LogP contribution in [0.15, 0.2) is 71.8 Å². The van der Waals surface area contributed by atoms with Crippen LogP contribution in [0.5, 0.6) is 5.75 Å². The van der Waals surface area contributed by atoms with Crippen LogP contribution in [-0.4, -0.2) is 22.7 Å². The third kappa shape index (κ3) is 4.51. The number of aromatic nitrogens is 2. The Kier molecular flexibility index (Phi) is 6.04. The molecule has 5 heteroatoms. The monoisotopic (exact) mass is 349 g/mol. The topological polar surface area (TPSA) is 56.1 Å². The maximum Gasteiger partial charge on any atom is 0.297 e. The van der Waals surface area contributed by atoms with Crippen molar-refractivity contribution in [3.05, 3.63) is 82.9 Å². The fourth-order valence-electron chi connectivity index (χ4n) is 2.75. The summed E-state index contributed by atoms with van der Waals surface area (Å²) in [6.45, 7) is 3.26. The highest BCUT2D eigenvalue weighted by molar-refractivity contribution is 5.41. The molecule has 0 unspecified atom stereocenters. The van der Waals surface area contributed by atoms with E-state index in [0.717, 1.165) is 24.3 Å². The Morgan fingerprint density at radius 2 is 1.85 bits per heavy atom. The molecule has 0 radical (unpaired) electrons. The van der Waals surface area contributed by atoms with E-state index in [1.807, 2.05) is 49.4 Å². The molecule has 0 fully saturated rings. The van der Waals surface area contributed by atoms with Crippen LogP contribution in [-0.2, 0) is 6.42 Å². The second-order valence-corrected chi connectivity index (χ2v) is 5.89. The van der Waals surface area contributed by atoms with Crippen molar-refractivity contribution < 1.29 is 4.74 Å². The van der Waals surface area contributed by atoms with E-state index in [-0.39, 0.29) is 5.56 Å². The zero-order valence-electron chi connectivity index (χ0n) is 14.9. The first-order valence-corrected chi connectivity index (χ1v) is 8.86. The van der Waals surface area contributed by atoms with Gasteiger partial charge in [-0.25, -0.2) is 4.98 Å². The van der Waals surface area contributed by atoms with E-state index in [9.17, 15) is 4.79 Å². The van der Waals surface area contributed by atoms with E-state index in [1.165, 1.54) is 5.56 Å². The number of nitrogens with one attached hydrogen (secondary N) is 1. The molecule has 26 heavy (non-hydrogen) atoms. The fraction of sp³-hybridized carbons (Fsp3) is 0.238. The Morgan fingerprint density at radius 3 is 2.58 bits per heavy atom. The van der Waals surface area contributed by atoms with Crippen LogP contribution in [0.2, 0.25) is 0 Å². The maximum absolute atomic E-state index is 12.7. The highest BCUT2D eigenvalue weighted by Gasteiger charge is 2.06. The Balaban J connectivity index is 1.64. The minimum absolute atomic E-state index is 0.156. The third-order valence-electron chi connectivity index (χ3n) is 4.04. The lowest BCUT2D eigenvalue weighted by Crippen LogP contribution is -2.23. The zero-order valence-corrected chi connectivity index (χ0v) is 14.9. The van der Waals surface area contributed by atoms with Crippen LogP contribution >= 0.6 is 0 Å². The quantitative estimate of drug-likeness (QED) is 0.630. The SMILES string of the molecule is CCOc1ccc(-n2ccnc(NCCCc3ccccc3)c2=O)cc1. The Morgan fingerprint density at radius 1 is 1.08 bits per heavy atom. The fourth-order valence-corrected chi connectivity index (χ4v) is 2.75. The van der Waals surface area contributed by atoms with Crippen molar-refractivity contribution in [3.63, 3.8) is 0 Å². The molecular formula is C21H23N3O2. The van der Waals surface area contributed by atoms with Crippen molar-refractivity contribution in [2.45, 2.75) is 19.8 Å². The molecular weight excluding hydrogens is 326 g/mol. The van der Waals surface area contributed by atoms with E-state index in [0.29, 0.717) is 19.0 Å². The number of ether oxygens (including phenoxy) is 1. The first kappa shape index (κ1) is 17.7. The van der Waals surface area contributed by atoms with Gasteiger partial charge in [0.05, 0.1) is 6.61 Å². The summed E-state index contributed by atoms with van der Waals surface area (Å²) in [5, 5.41) is 3.16. The highest BCUT2D eigenvalue weighted by atomic mass is 16.5. The summed E-state index contributed by atoms with van der Waals surface area (Å²) in [6, 6.07) is 17.8. The van der Waals surface area contributed by atoms with Crippen LogP contribution in [0.1, 0.15) is 18.9 Å². The highest BCUT2D eigenvalue weighted by Crippen LogP contribution is 2.14. The van der Waals surface area contributed by atoms with Crippen LogP contribution in [0.25, 0.3) is 5.69 Å². The minimum atomic E-state index is -0.156. The van der Waals surface area contributed by atoms with Gasteiger partial charge in [-0.2, -0.15) is 0 Å². The van der Waals surface area contributed by atoms with Crippen LogP contribution in [0, 0.1) is 0 Å². The van der Waals surface area contributed by atoms with Crippen molar-refractivity contribution in [1.29, 1.82) is 0 Å². The molecule has 3 aromatic rings. The molecule has 134 valence electrons. The average molecular weight is 349 g/mol. The average Bonchev–Trinajstić information content (AvgIpc) is 2.68. The predicted molar refractivity (Wildman–Crippen MR) is 104 cm³/mol. The molecule has 0 saturated carbocycles. The van der Waals surface area contributed by atoms with Crippen LogP contribution in [0.4, 0.5) is 5.82 Å². The van der Waals surface area contributed by atoms with E-state index in [4.69, 9.17) is 4.74 Å². The maximum atomic E-state index is 12.7. The second-order valence-electron chi connectivity index (χ2n) is 5.89. The predicted octanol–water partition coefficient (Wildman–Crippen LogP) is 3.68. The first-order chi connectivity index (χ1) is 12.8. The van der Waals surface area contributed by atoms with E-state index in [1.54, 1.807) is 17.0 Å². The molecule has 0 atom stereocenters. The van der Waals surface area contributed by atoms with E-state index >= 15 is 0 Å². The second kappa shape index (κ2) is 8.85. The van der Waals surface area contributed by atoms with Gasteiger partial charge in [-0.05, 0) is 49.6 Å². The molecule has 0 aliphatic rings. The van der Waals surface area contributed by atoms with Gasteiger partial charge < -0.3 is 10.1 Å². The molecule has 0 saturated heterocycles. The van der Waals surface area contributed by atoms with Crippen molar-refractivity contribution in [2.75, 3.05) is 18.5 Å². The lowest BCUT2D eigenvalue weighted by Gasteiger charge is -2.10. The standard InChI is InChI=1S/C21H23N3O2/c1-2-26-19-12-10-18(11-13-19)24-16-15-23-20(21(24)25)22-14-6-9-17-7-4-3-5-8-17/h3-5,7-8,10-13,15-16H,2,6,9,14H2,1H3,(H,22,23). The molecule has 1 N–H and O–H groups in total. The third-order valence-corrected chi connectivity index (χ3v) is 4.04. The largest absolute Gasteiger partial charge is 0.494 e. The number of hydrogen-bond donors (Lipinski definition) is 1. The van der Waals surface area contributed by atoms with Crippen LogP contribution < -0.4 is 15.6 Å². The molecule has 3 rings (SSSR count). The van der Waals surface area contributed by atoms with E-state index in [2.05, 4.69) is 22.4 Å². The molecule has 2 aromatic carbocycles. The van der Waals surface area contributed by atoms with Crippen molar-refractivity contribution >= 4 is 5.82 Å². The smallest absolute Gasteiger partial charge is 0.297 e. The van der Waals surface area contributed by atoms with Gasteiger partial charge in [0.25, 0.3) is 5.56 Å².